The Morgan fingerprint density at radius 2 is 2.39 bits per heavy atom. The number of imidazole rings is 1. The molecule has 0 unspecified atom stereocenters. The zero-order valence-corrected chi connectivity index (χ0v) is 10.8. The number of hydrogen-bond donors (Lipinski definition) is 1. The van der Waals surface area contributed by atoms with Gasteiger partial charge < -0.3 is 9.88 Å². The monoisotopic (exact) mass is 263 g/mol. The molecule has 1 atom stereocenters. The van der Waals surface area contributed by atoms with Crippen LogP contribution in [0.5, 0.6) is 0 Å². The van der Waals surface area contributed by atoms with Gasteiger partial charge in [-0.2, -0.15) is 0 Å². The number of nitrogens with zero attached hydrogens (tertiary/aromatic N) is 2. The molecule has 4 nitrogen and oxygen atoms in total. The summed E-state index contributed by atoms with van der Waals surface area (Å²) in [5.41, 5.74) is 0.987. The maximum atomic E-state index is 11.8. The van der Waals surface area contributed by atoms with E-state index in [1.54, 1.807) is 23.3 Å². The molecule has 5 heteroatoms. The fourth-order valence-corrected chi connectivity index (χ4v) is 1.89. The van der Waals surface area contributed by atoms with Crippen molar-refractivity contribution in [1.29, 1.82) is 0 Å². The van der Waals surface area contributed by atoms with Crippen LogP contribution in [0.25, 0.3) is 0 Å². The van der Waals surface area contributed by atoms with Gasteiger partial charge in [-0.05, 0) is 24.6 Å². The first-order valence-electron chi connectivity index (χ1n) is 5.66. The number of aromatic nitrogens is 2. The van der Waals surface area contributed by atoms with Crippen LogP contribution in [0.2, 0.25) is 5.02 Å². The van der Waals surface area contributed by atoms with Gasteiger partial charge in [0.2, 0.25) is 5.91 Å². The first kappa shape index (κ1) is 12.6. The Morgan fingerprint density at radius 1 is 1.56 bits per heavy atom. The SMILES string of the molecule is C[C@H](NC(=O)Cn1ccnc1)c1cccc(Cl)c1. The highest BCUT2D eigenvalue weighted by molar-refractivity contribution is 6.30. The Morgan fingerprint density at radius 3 is 3.06 bits per heavy atom. The van der Waals surface area contributed by atoms with Gasteiger partial charge in [0.25, 0.3) is 0 Å². The summed E-state index contributed by atoms with van der Waals surface area (Å²) in [5.74, 6) is -0.0551. The number of benzene rings is 1. The van der Waals surface area contributed by atoms with Gasteiger partial charge in [0, 0.05) is 17.4 Å². The minimum absolute atomic E-state index is 0.0551. The molecule has 1 amide bonds. The van der Waals surface area contributed by atoms with Gasteiger partial charge in [-0.15, -0.1) is 0 Å². The highest BCUT2D eigenvalue weighted by atomic mass is 35.5. The predicted octanol–water partition coefficient (Wildman–Crippen LogP) is 2.41. The van der Waals surface area contributed by atoms with Crippen molar-refractivity contribution in [3.05, 3.63) is 53.6 Å². The standard InChI is InChI=1S/C13H14ClN3O/c1-10(11-3-2-4-12(14)7-11)16-13(18)8-17-6-5-15-9-17/h2-7,9-10H,8H2,1H3,(H,16,18)/t10-/m0/s1. The molecule has 0 spiro atoms. The third-order valence-corrected chi connectivity index (χ3v) is 2.85. The van der Waals surface area contributed by atoms with E-state index in [2.05, 4.69) is 10.3 Å². The van der Waals surface area contributed by atoms with Crippen molar-refractivity contribution < 1.29 is 4.79 Å². The number of nitrogens with one attached hydrogen (secondary N) is 1. The Hall–Kier alpha value is -1.81. The van der Waals surface area contributed by atoms with E-state index < -0.39 is 0 Å². The summed E-state index contributed by atoms with van der Waals surface area (Å²) in [6.07, 6.45) is 5.01. The molecule has 0 saturated heterocycles. The summed E-state index contributed by atoms with van der Waals surface area (Å²) in [4.78, 5) is 15.7. The van der Waals surface area contributed by atoms with Gasteiger partial charge >= 0.3 is 0 Å². The van der Waals surface area contributed by atoms with Crippen molar-refractivity contribution in [1.82, 2.24) is 14.9 Å². The van der Waals surface area contributed by atoms with Gasteiger partial charge in [0.15, 0.2) is 0 Å². The smallest absolute Gasteiger partial charge is 0.240 e. The summed E-state index contributed by atoms with van der Waals surface area (Å²) < 4.78 is 1.72. The molecule has 1 N–H and O–H groups in total. The minimum atomic E-state index is -0.0697. The lowest BCUT2D eigenvalue weighted by Crippen LogP contribution is -2.29. The number of carbonyl (C=O) groups is 1. The number of halogens is 1. The van der Waals surface area contributed by atoms with Crippen molar-refractivity contribution in [3.63, 3.8) is 0 Å². The van der Waals surface area contributed by atoms with E-state index in [1.165, 1.54) is 0 Å². The van der Waals surface area contributed by atoms with Crippen LogP contribution in [0, 0.1) is 0 Å². The maximum Gasteiger partial charge on any atom is 0.240 e. The van der Waals surface area contributed by atoms with Crippen molar-refractivity contribution in [2.75, 3.05) is 0 Å². The molecule has 0 radical (unpaired) electrons. The first-order chi connectivity index (χ1) is 8.65. The molecule has 1 aromatic carbocycles. The molecule has 0 saturated carbocycles. The number of rotatable bonds is 4. The molecule has 0 aliphatic rings. The molecule has 0 aliphatic heterocycles. The van der Waals surface area contributed by atoms with Crippen LogP contribution in [0.4, 0.5) is 0 Å². The fraction of sp³-hybridized carbons (Fsp3) is 0.231. The summed E-state index contributed by atoms with van der Waals surface area (Å²) in [6.45, 7) is 2.20. The first-order valence-corrected chi connectivity index (χ1v) is 6.03. The highest BCUT2D eigenvalue weighted by Crippen LogP contribution is 2.17. The van der Waals surface area contributed by atoms with E-state index in [-0.39, 0.29) is 18.5 Å². The van der Waals surface area contributed by atoms with Crippen molar-refractivity contribution in [2.45, 2.75) is 19.5 Å². The average Bonchev–Trinajstić information content (AvgIpc) is 2.81. The third kappa shape index (κ3) is 3.34. The lowest BCUT2D eigenvalue weighted by atomic mass is 10.1. The minimum Gasteiger partial charge on any atom is -0.348 e. The van der Waals surface area contributed by atoms with Gasteiger partial charge in [-0.25, -0.2) is 4.98 Å². The van der Waals surface area contributed by atoms with E-state index in [0.717, 1.165) is 5.56 Å². The van der Waals surface area contributed by atoms with Crippen LogP contribution in [-0.4, -0.2) is 15.5 Å². The summed E-state index contributed by atoms with van der Waals surface area (Å²) in [7, 11) is 0. The molecule has 2 aromatic rings. The Balaban J connectivity index is 1.95. The van der Waals surface area contributed by atoms with Crippen LogP contribution < -0.4 is 5.32 Å². The molecule has 94 valence electrons. The van der Waals surface area contributed by atoms with E-state index >= 15 is 0 Å². The lowest BCUT2D eigenvalue weighted by Gasteiger charge is -2.14. The normalized spacial score (nSPS) is 12.1. The molecular formula is C13H14ClN3O. The van der Waals surface area contributed by atoms with Crippen LogP contribution in [0.15, 0.2) is 43.0 Å². The Kier molecular flexibility index (Phi) is 3.99. The molecule has 2 rings (SSSR count). The zero-order valence-electron chi connectivity index (χ0n) is 10.0. The van der Waals surface area contributed by atoms with Crippen LogP contribution in [0.1, 0.15) is 18.5 Å². The molecule has 1 aromatic heterocycles. The van der Waals surface area contributed by atoms with E-state index in [1.807, 2.05) is 31.2 Å². The number of hydrogen-bond acceptors (Lipinski definition) is 2. The fourth-order valence-electron chi connectivity index (χ4n) is 1.69. The average molecular weight is 264 g/mol. The molecule has 0 aliphatic carbocycles. The van der Waals surface area contributed by atoms with Crippen LogP contribution in [0.3, 0.4) is 0 Å². The van der Waals surface area contributed by atoms with Crippen molar-refractivity contribution in [3.8, 4) is 0 Å². The predicted molar refractivity (Wildman–Crippen MR) is 70.2 cm³/mol. The quantitative estimate of drug-likeness (QED) is 0.921. The second-order valence-corrected chi connectivity index (χ2v) is 4.52. The number of carbonyl (C=O) groups excluding carboxylic acids is 1. The van der Waals surface area contributed by atoms with Crippen molar-refractivity contribution in [2.24, 2.45) is 0 Å². The van der Waals surface area contributed by atoms with Gasteiger partial charge in [0.05, 0.1) is 12.4 Å². The molecule has 1 heterocycles. The summed E-state index contributed by atoms with van der Waals surface area (Å²) in [5, 5.41) is 3.59. The van der Waals surface area contributed by atoms with Crippen LogP contribution >= 0.6 is 11.6 Å². The second kappa shape index (κ2) is 5.69. The summed E-state index contributed by atoms with van der Waals surface area (Å²) in [6, 6.07) is 7.40. The van der Waals surface area contributed by atoms with Gasteiger partial charge in [-0.3, -0.25) is 4.79 Å². The molecule has 0 fully saturated rings. The molecule has 18 heavy (non-hydrogen) atoms. The van der Waals surface area contributed by atoms with Crippen LogP contribution in [-0.2, 0) is 11.3 Å². The molecule has 0 bridgehead atoms. The third-order valence-electron chi connectivity index (χ3n) is 2.61. The zero-order chi connectivity index (χ0) is 13.0. The van der Waals surface area contributed by atoms with Gasteiger partial charge in [-0.1, -0.05) is 23.7 Å². The van der Waals surface area contributed by atoms with E-state index in [9.17, 15) is 4.79 Å². The van der Waals surface area contributed by atoms with E-state index in [4.69, 9.17) is 11.6 Å². The maximum absolute atomic E-state index is 11.8. The number of amides is 1. The van der Waals surface area contributed by atoms with Crippen molar-refractivity contribution >= 4 is 17.5 Å². The van der Waals surface area contributed by atoms with E-state index in [0.29, 0.717) is 5.02 Å². The topological polar surface area (TPSA) is 46.9 Å². The largest absolute Gasteiger partial charge is 0.348 e. The Bertz CT molecular complexity index is 525. The lowest BCUT2D eigenvalue weighted by molar-refractivity contribution is -0.122. The summed E-state index contributed by atoms with van der Waals surface area (Å²) >= 11 is 5.92. The van der Waals surface area contributed by atoms with Gasteiger partial charge in [0.1, 0.15) is 6.54 Å². The second-order valence-electron chi connectivity index (χ2n) is 4.08. The molecular weight excluding hydrogens is 250 g/mol. The Labute approximate surface area is 111 Å². The highest BCUT2D eigenvalue weighted by Gasteiger charge is 2.09.